The zero-order valence-electron chi connectivity index (χ0n) is 17.7. The Hall–Kier alpha value is -3.30. The second-order valence-corrected chi connectivity index (χ2v) is 8.15. The van der Waals surface area contributed by atoms with E-state index in [-0.39, 0.29) is 5.75 Å². The molecule has 0 unspecified atom stereocenters. The van der Waals surface area contributed by atoms with Crippen molar-refractivity contribution in [1.82, 2.24) is 4.90 Å². The highest BCUT2D eigenvalue weighted by Crippen LogP contribution is 2.33. The third kappa shape index (κ3) is 4.95. The second-order valence-electron chi connectivity index (χ2n) is 8.15. The smallest absolute Gasteiger partial charge is 0.187 e. The summed E-state index contributed by atoms with van der Waals surface area (Å²) in [5.41, 5.74) is 4.30. The van der Waals surface area contributed by atoms with Crippen LogP contribution in [0, 0.1) is 30.9 Å². The van der Waals surface area contributed by atoms with Gasteiger partial charge in [-0.25, -0.2) is 18.0 Å². The molecule has 3 aromatic rings. The first-order valence-corrected chi connectivity index (χ1v) is 10.5. The Labute approximate surface area is 185 Å². The quantitative estimate of drug-likeness (QED) is 0.312. The lowest BCUT2D eigenvalue weighted by Gasteiger charge is -2.33. The van der Waals surface area contributed by atoms with E-state index >= 15 is 0 Å². The predicted octanol–water partition coefficient (Wildman–Crippen LogP) is 7.14. The molecule has 1 fully saturated rings. The summed E-state index contributed by atoms with van der Waals surface area (Å²) in [6.45, 7) is 12.1. The highest BCUT2D eigenvalue weighted by molar-refractivity contribution is 5.50. The van der Waals surface area contributed by atoms with Gasteiger partial charge in [0.1, 0.15) is 5.75 Å². The van der Waals surface area contributed by atoms with Gasteiger partial charge in [0, 0.05) is 18.7 Å². The van der Waals surface area contributed by atoms with Gasteiger partial charge in [-0.3, -0.25) is 4.90 Å². The van der Waals surface area contributed by atoms with Crippen LogP contribution in [0.15, 0.2) is 54.6 Å². The number of ether oxygens (including phenoxy) is 1. The fraction of sp³-hybridized carbons (Fsp3) is 0.269. The summed E-state index contributed by atoms with van der Waals surface area (Å²) in [6, 6.07) is 14.3. The monoisotopic (exact) mass is 436 g/mol. The van der Waals surface area contributed by atoms with Gasteiger partial charge in [-0.1, -0.05) is 41.5 Å². The van der Waals surface area contributed by atoms with Crippen LogP contribution in [0.3, 0.4) is 0 Å². The van der Waals surface area contributed by atoms with Crippen molar-refractivity contribution < 1.29 is 17.9 Å². The number of halogens is 3. The molecule has 4 rings (SSSR count). The Morgan fingerprint density at radius 3 is 2.31 bits per heavy atom. The number of hydrogen-bond donors (Lipinski definition) is 0. The average Bonchev–Trinajstić information content (AvgIpc) is 2.80. The molecule has 1 aliphatic rings. The molecule has 1 heterocycles. The van der Waals surface area contributed by atoms with Gasteiger partial charge in [0.2, 0.25) is 0 Å². The molecule has 0 aliphatic carbocycles. The van der Waals surface area contributed by atoms with Crippen LogP contribution in [0.1, 0.15) is 35.4 Å². The van der Waals surface area contributed by atoms with Crippen LogP contribution in [-0.4, -0.2) is 18.0 Å². The van der Waals surface area contributed by atoms with E-state index < -0.39 is 17.5 Å². The lowest BCUT2D eigenvalue weighted by molar-refractivity contribution is 0.204. The summed E-state index contributed by atoms with van der Waals surface area (Å²) in [5, 5.41) is 0. The molecule has 6 heteroatoms. The summed E-state index contributed by atoms with van der Waals surface area (Å²) < 4.78 is 45.5. The molecule has 0 spiro atoms. The Balaban J connectivity index is 1.34. The molecule has 0 radical (unpaired) electrons. The first-order valence-electron chi connectivity index (χ1n) is 10.5. The van der Waals surface area contributed by atoms with Crippen molar-refractivity contribution in [1.29, 1.82) is 0 Å². The van der Waals surface area contributed by atoms with Crippen molar-refractivity contribution in [2.75, 3.05) is 13.1 Å². The van der Waals surface area contributed by atoms with Gasteiger partial charge in [-0.2, -0.15) is 0 Å². The topological polar surface area (TPSA) is 16.8 Å². The number of benzene rings is 3. The Bertz CT molecular complexity index is 1150. The number of hydrogen-bond acceptors (Lipinski definition) is 2. The SMILES string of the molecule is [C-]#[N+]c1ccc(C)c(C2CCN(Cc3ccc(Oc4cc(F)c(F)cc4F)cc3)CC2)c1. The van der Waals surface area contributed by atoms with Crippen molar-refractivity contribution in [2.24, 2.45) is 0 Å². The number of aryl methyl sites for hydroxylation is 1. The van der Waals surface area contributed by atoms with Crippen molar-refractivity contribution in [3.63, 3.8) is 0 Å². The molecule has 164 valence electrons. The summed E-state index contributed by atoms with van der Waals surface area (Å²) in [5.74, 6) is -2.88. The third-order valence-electron chi connectivity index (χ3n) is 5.95. The number of likely N-dealkylation sites (tertiary alicyclic amines) is 1. The normalized spacial score (nSPS) is 14.8. The first kappa shape index (κ1) is 21.9. The zero-order chi connectivity index (χ0) is 22.7. The van der Waals surface area contributed by atoms with Crippen molar-refractivity contribution in [2.45, 2.75) is 32.2 Å². The van der Waals surface area contributed by atoms with E-state index in [0.717, 1.165) is 38.0 Å². The average molecular weight is 436 g/mol. The van der Waals surface area contributed by atoms with E-state index in [0.29, 0.717) is 29.5 Å². The largest absolute Gasteiger partial charge is 0.454 e. The minimum absolute atomic E-state index is 0.351. The molecule has 0 amide bonds. The van der Waals surface area contributed by atoms with E-state index in [1.54, 1.807) is 12.1 Å². The van der Waals surface area contributed by atoms with Crippen LogP contribution >= 0.6 is 0 Å². The van der Waals surface area contributed by atoms with Gasteiger partial charge in [-0.05, 0) is 56.5 Å². The van der Waals surface area contributed by atoms with Gasteiger partial charge in [-0.15, -0.1) is 0 Å². The number of piperidine rings is 1. The third-order valence-corrected chi connectivity index (χ3v) is 5.95. The molecule has 3 nitrogen and oxygen atoms in total. The zero-order valence-corrected chi connectivity index (χ0v) is 17.7. The molecule has 0 bridgehead atoms. The maximum atomic E-state index is 13.8. The minimum Gasteiger partial charge on any atom is -0.454 e. The maximum Gasteiger partial charge on any atom is 0.187 e. The first-order chi connectivity index (χ1) is 15.4. The molecule has 0 atom stereocenters. The van der Waals surface area contributed by atoms with Crippen LogP contribution in [0.25, 0.3) is 4.85 Å². The predicted molar refractivity (Wildman–Crippen MR) is 118 cm³/mol. The van der Waals surface area contributed by atoms with Crippen molar-refractivity contribution in [3.05, 3.63) is 100 Å². The Morgan fingerprint density at radius 1 is 0.938 bits per heavy atom. The van der Waals surface area contributed by atoms with Crippen LogP contribution in [-0.2, 0) is 6.54 Å². The minimum atomic E-state index is -1.25. The second kappa shape index (κ2) is 9.46. The van der Waals surface area contributed by atoms with E-state index in [9.17, 15) is 13.2 Å². The fourth-order valence-corrected chi connectivity index (χ4v) is 4.17. The van der Waals surface area contributed by atoms with Crippen LogP contribution in [0.2, 0.25) is 0 Å². The molecule has 1 aliphatic heterocycles. The highest BCUT2D eigenvalue weighted by atomic mass is 19.2. The molecule has 0 saturated carbocycles. The Kier molecular flexibility index (Phi) is 6.48. The van der Waals surface area contributed by atoms with E-state index in [1.807, 2.05) is 30.3 Å². The molecule has 1 saturated heterocycles. The maximum absolute atomic E-state index is 13.8. The molecule has 0 N–H and O–H groups in total. The van der Waals surface area contributed by atoms with Gasteiger partial charge in [0.25, 0.3) is 0 Å². The molecular weight excluding hydrogens is 413 g/mol. The summed E-state index contributed by atoms with van der Waals surface area (Å²) in [6.07, 6.45) is 2.08. The van der Waals surface area contributed by atoms with Gasteiger partial charge in [0.05, 0.1) is 6.57 Å². The van der Waals surface area contributed by atoms with Crippen LogP contribution in [0.4, 0.5) is 18.9 Å². The molecule has 32 heavy (non-hydrogen) atoms. The summed E-state index contributed by atoms with van der Waals surface area (Å²) in [7, 11) is 0. The standard InChI is InChI=1S/C26H23F3N2O/c1-17-3-6-20(30-2)13-22(17)19-9-11-31(12-10-19)16-18-4-7-21(8-5-18)32-26-15-24(28)23(27)14-25(26)29/h3-8,13-15,19H,9-12,16H2,1H3. The van der Waals surface area contributed by atoms with Crippen LogP contribution in [0.5, 0.6) is 11.5 Å². The van der Waals surface area contributed by atoms with E-state index in [1.165, 1.54) is 11.1 Å². The van der Waals surface area contributed by atoms with Crippen molar-refractivity contribution >= 4 is 5.69 Å². The molecular formula is C26H23F3N2O. The van der Waals surface area contributed by atoms with E-state index in [4.69, 9.17) is 11.3 Å². The fourth-order valence-electron chi connectivity index (χ4n) is 4.17. The molecule has 0 aromatic heterocycles. The number of rotatable bonds is 5. The van der Waals surface area contributed by atoms with Gasteiger partial charge >= 0.3 is 0 Å². The summed E-state index contributed by atoms with van der Waals surface area (Å²) >= 11 is 0. The molecule has 3 aromatic carbocycles. The van der Waals surface area contributed by atoms with E-state index in [2.05, 4.69) is 16.7 Å². The lowest BCUT2D eigenvalue weighted by atomic mass is 9.86. The van der Waals surface area contributed by atoms with Crippen molar-refractivity contribution in [3.8, 4) is 11.5 Å². The lowest BCUT2D eigenvalue weighted by Crippen LogP contribution is -2.32. The van der Waals surface area contributed by atoms with Crippen LogP contribution < -0.4 is 4.74 Å². The van der Waals surface area contributed by atoms with Gasteiger partial charge in [0.15, 0.2) is 28.9 Å². The van der Waals surface area contributed by atoms with Gasteiger partial charge < -0.3 is 4.74 Å². The number of nitrogens with zero attached hydrogens (tertiary/aromatic N) is 2. The Morgan fingerprint density at radius 2 is 1.62 bits per heavy atom. The highest BCUT2D eigenvalue weighted by Gasteiger charge is 2.22. The summed E-state index contributed by atoms with van der Waals surface area (Å²) in [4.78, 5) is 5.94.